The van der Waals surface area contributed by atoms with Crippen molar-refractivity contribution in [3.63, 3.8) is 0 Å². The minimum Gasteiger partial charge on any atom is -0.251 e. The van der Waals surface area contributed by atoms with Crippen LogP contribution in [0.3, 0.4) is 0 Å². The molecule has 0 spiro atoms. The lowest BCUT2D eigenvalue weighted by molar-refractivity contribution is 0.573. The molecule has 0 fully saturated rings. The lowest BCUT2D eigenvalue weighted by Crippen LogP contribution is -2.11. The Labute approximate surface area is 115 Å². The number of pyridine rings is 1. The maximum atomic E-state index is 6.11. The standard InChI is InChI=1S/C12H12Cl2N2S/c1-12(2,3)9-6-17-11(16-9)10-8(14)4-7(13)5-15-10/h4-6H,1-3H3. The second-order valence-electron chi connectivity index (χ2n) is 4.77. The van der Waals surface area contributed by atoms with E-state index in [0.717, 1.165) is 10.7 Å². The summed E-state index contributed by atoms with van der Waals surface area (Å²) in [6.07, 6.45) is 1.58. The molecule has 0 bridgehead atoms. The highest BCUT2D eigenvalue weighted by Gasteiger charge is 2.19. The molecule has 5 heteroatoms. The van der Waals surface area contributed by atoms with Gasteiger partial charge in [0.05, 0.1) is 15.7 Å². The van der Waals surface area contributed by atoms with Crippen molar-refractivity contribution >= 4 is 34.5 Å². The molecule has 2 aromatic heterocycles. The highest BCUT2D eigenvalue weighted by atomic mass is 35.5. The normalized spacial score (nSPS) is 11.8. The van der Waals surface area contributed by atoms with Crippen LogP contribution in [0.5, 0.6) is 0 Å². The van der Waals surface area contributed by atoms with Gasteiger partial charge in [0.2, 0.25) is 0 Å². The monoisotopic (exact) mass is 286 g/mol. The first-order valence-electron chi connectivity index (χ1n) is 5.15. The van der Waals surface area contributed by atoms with Crippen LogP contribution in [0.2, 0.25) is 10.0 Å². The number of halogens is 2. The van der Waals surface area contributed by atoms with Gasteiger partial charge in [-0.15, -0.1) is 11.3 Å². The Morgan fingerprint density at radius 1 is 1.24 bits per heavy atom. The Morgan fingerprint density at radius 2 is 1.94 bits per heavy atom. The van der Waals surface area contributed by atoms with Crippen LogP contribution in [0.1, 0.15) is 26.5 Å². The molecule has 0 unspecified atom stereocenters. The summed E-state index contributed by atoms with van der Waals surface area (Å²) < 4.78 is 0. The van der Waals surface area contributed by atoms with Crippen molar-refractivity contribution in [3.05, 3.63) is 33.4 Å². The van der Waals surface area contributed by atoms with E-state index < -0.39 is 0 Å². The Kier molecular flexibility index (Phi) is 3.43. The Balaban J connectivity index is 2.44. The zero-order chi connectivity index (χ0) is 12.6. The summed E-state index contributed by atoms with van der Waals surface area (Å²) in [5.41, 5.74) is 1.77. The summed E-state index contributed by atoms with van der Waals surface area (Å²) >= 11 is 13.5. The van der Waals surface area contributed by atoms with Gasteiger partial charge in [0.15, 0.2) is 0 Å². The molecule has 90 valence electrons. The fourth-order valence-electron chi connectivity index (χ4n) is 1.30. The van der Waals surface area contributed by atoms with Gasteiger partial charge >= 0.3 is 0 Å². The van der Waals surface area contributed by atoms with E-state index in [1.165, 1.54) is 0 Å². The predicted octanol–water partition coefficient (Wildman–Crippen LogP) is 4.81. The lowest BCUT2D eigenvalue weighted by atomic mass is 9.93. The van der Waals surface area contributed by atoms with Gasteiger partial charge in [-0.1, -0.05) is 44.0 Å². The number of aromatic nitrogens is 2. The molecular formula is C12H12Cl2N2S. The van der Waals surface area contributed by atoms with Crippen LogP contribution in [0.4, 0.5) is 0 Å². The summed E-state index contributed by atoms with van der Waals surface area (Å²) in [5.74, 6) is 0. The van der Waals surface area contributed by atoms with Crippen molar-refractivity contribution in [1.82, 2.24) is 9.97 Å². The molecule has 0 amide bonds. The van der Waals surface area contributed by atoms with Gasteiger partial charge in [0.25, 0.3) is 0 Å². The van der Waals surface area contributed by atoms with E-state index in [1.807, 2.05) is 5.38 Å². The lowest BCUT2D eigenvalue weighted by Gasteiger charge is -2.14. The van der Waals surface area contributed by atoms with Crippen LogP contribution < -0.4 is 0 Å². The molecule has 2 heterocycles. The zero-order valence-electron chi connectivity index (χ0n) is 9.79. The molecule has 17 heavy (non-hydrogen) atoms. The number of hydrogen-bond acceptors (Lipinski definition) is 3. The fourth-order valence-corrected chi connectivity index (χ4v) is 2.88. The van der Waals surface area contributed by atoms with Gasteiger partial charge in [-0.3, -0.25) is 4.98 Å². The van der Waals surface area contributed by atoms with Gasteiger partial charge in [-0.05, 0) is 6.07 Å². The van der Waals surface area contributed by atoms with Gasteiger partial charge in [-0.2, -0.15) is 0 Å². The molecule has 0 N–H and O–H groups in total. The first kappa shape index (κ1) is 12.8. The molecule has 2 nitrogen and oxygen atoms in total. The maximum absolute atomic E-state index is 6.11. The third-order valence-electron chi connectivity index (χ3n) is 2.28. The van der Waals surface area contributed by atoms with Crippen molar-refractivity contribution in [3.8, 4) is 10.7 Å². The summed E-state index contributed by atoms with van der Waals surface area (Å²) in [7, 11) is 0. The van der Waals surface area contributed by atoms with E-state index in [0.29, 0.717) is 15.7 Å². The Bertz CT molecular complexity index is 544. The van der Waals surface area contributed by atoms with Crippen molar-refractivity contribution in [2.45, 2.75) is 26.2 Å². The minimum atomic E-state index is 0.0354. The first-order valence-corrected chi connectivity index (χ1v) is 6.79. The molecule has 0 saturated carbocycles. The van der Waals surface area contributed by atoms with E-state index >= 15 is 0 Å². The fraction of sp³-hybridized carbons (Fsp3) is 0.333. The summed E-state index contributed by atoms with van der Waals surface area (Å²) in [5, 5.41) is 3.94. The third kappa shape index (κ3) is 2.79. The number of nitrogens with zero attached hydrogens (tertiary/aromatic N) is 2. The smallest absolute Gasteiger partial charge is 0.143 e. The Morgan fingerprint density at radius 3 is 2.47 bits per heavy atom. The average Bonchev–Trinajstić information content (AvgIpc) is 2.65. The van der Waals surface area contributed by atoms with Crippen molar-refractivity contribution in [2.75, 3.05) is 0 Å². The van der Waals surface area contributed by atoms with Gasteiger partial charge in [0, 0.05) is 17.0 Å². The number of hydrogen-bond donors (Lipinski definition) is 0. The molecule has 0 atom stereocenters. The van der Waals surface area contributed by atoms with Crippen LogP contribution in [0, 0.1) is 0 Å². The largest absolute Gasteiger partial charge is 0.251 e. The van der Waals surface area contributed by atoms with E-state index in [2.05, 4.69) is 30.7 Å². The summed E-state index contributed by atoms with van der Waals surface area (Å²) in [4.78, 5) is 8.80. The summed E-state index contributed by atoms with van der Waals surface area (Å²) in [6, 6.07) is 1.68. The Hall–Kier alpha value is -0.640. The van der Waals surface area contributed by atoms with Gasteiger partial charge in [-0.25, -0.2) is 4.98 Å². The second-order valence-corrected chi connectivity index (χ2v) is 6.47. The van der Waals surface area contributed by atoms with E-state index in [1.54, 1.807) is 23.6 Å². The van der Waals surface area contributed by atoms with E-state index in [4.69, 9.17) is 23.2 Å². The molecule has 2 aromatic rings. The average molecular weight is 287 g/mol. The van der Waals surface area contributed by atoms with Gasteiger partial charge < -0.3 is 0 Å². The highest BCUT2D eigenvalue weighted by molar-refractivity contribution is 7.13. The molecule has 0 aliphatic rings. The molecule has 0 radical (unpaired) electrons. The number of thiazole rings is 1. The molecule has 0 aliphatic carbocycles. The second kappa shape index (κ2) is 4.56. The van der Waals surface area contributed by atoms with Crippen LogP contribution in [-0.4, -0.2) is 9.97 Å². The molecular weight excluding hydrogens is 275 g/mol. The van der Waals surface area contributed by atoms with Crippen LogP contribution in [0.25, 0.3) is 10.7 Å². The quantitative estimate of drug-likeness (QED) is 0.752. The van der Waals surface area contributed by atoms with Crippen LogP contribution in [0.15, 0.2) is 17.6 Å². The van der Waals surface area contributed by atoms with Gasteiger partial charge in [0.1, 0.15) is 10.7 Å². The molecule has 0 aliphatic heterocycles. The van der Waals surface area contributed by atoms with Crippen molar-refractivity contribution in [1.29, 1.82) is 0 Å². The van der Waals surface area contributed by atoms with E-state index in [-0.39, 0.29) is 5.41 Å². The molecule has 0 aromatic carbocycles. The number of rotatable bonds is 1. The SMILES string of the molecule is CC(C)(C)c1csc(-c2ncc(Cl)cc2Cl)n1. The maximum Gasteiger partial charge on any atom is 0.143 e. The molecule has 0 saturated heterocycles. The van der Waals surface area contributed by atoms with Crippen molar-refractivity contribution < 1.29 is 0 Å². The van der Waals surface area contributed by atoms with E-state index in [9.17, 15) is 0 Å². The molecule has 2 rings (SSSR count). The zero-order valence-corrected chi connectivity index (χ0v) is 12.1. The summed E-state index contributed by atoms with van der Waals surface area (Å²) in [6.45, 7) is 6.38. The first-order chi connectivity index (χ1) is 7.88. The minimum absolute atomic E-state index is 0.0354. The predicted molar refractivity (Wildman–Crippen MR) is 74.1 cm³/mol. The van der Waals surface area contributed by atoms with Crippen molar-refractivity contribution in [2.24, 2.45) is 0 Å². The van der Waals surface area contributed by atoms with Crippen LogP contribution in [-0.2, 0) is 5.41 Å². The van der Waals surface area contributed by atoms with Crippen LogP contribution >= 0.6 is 34.5 Å². The third-order valence-corrected chi connectivity index (χ3v) is 3.63. The highest BCUT2D eigenvalue weighted by Crippen LogP contribution is 2.33. The topological polar surface area (TPSA) is 25.8 Å².